The van der Waals surface area contributed by atoms with E-state index in [9.17, 15) is 0 Å². The summed E-state index contributed by atoms with van der Waals surface area (Å²) in [6.07, 6.45) is 8.79. The molecule has 4 aromatic heterocycles. The van der Waals surface area contributed by atoms with Crippen molar-refractivity contribution < 1.29 is 9.26 Å². The van der Waals surface area contributed by atoms with Crippen LogP contribution in [0.3, 0.4) is 0 Å². The van der Waals surface area contributed by atoms with Crippen molar-refractivity contribution in [3.63, 3.8) is 0 Å². The zero-order valence-corrected chi connectivity index (χ0v) is 22.3. The van der Waals surface area contributed by atoms with Gasteiger partial charge in [0.05, 0.1) is 41.8 Å². The summed E-state index contributed by atoms with van der Waals surface area (Å²) in [7, 11) is 0. The third-order valence-electron chi connectivity index (χ3n) is 6.89. The molecule has 0 amide bonds. The zero-order valence-electron chi connectivity index (χ0n) is 22.3. The van der Waals surface area contributed by atoms with Crippen LogP contribution in [0.1, 0.15) is 52.9 Å². The fraction of sp³-hybridized carbons (Fsp3) is 0.407. The van der Waals surface area contributed by atoms with E-state index >= 15 is 0 Å². The van der Waals surface area contributed by atoms with Crippen LogP contribution in [0.25, 0.3) is 22.7 Å². The number of aromatic nitrogens is 7. The third kappa shape index (κ3) is 5.23. The number of rotatable bonds is 10. The minimum atomic E-state index is -0.530. The molecule has 4 rings (SSSR count). The highest BCUT2D eigenvalue weighted by molar-refractivity contribution is 5.58. The van der Waals surface area contributed by atoms with Crippen LogP contribution < -0.4 is 5.73 Å². The molecule has 194 valence electrons. The number of allylic oxidation sites excluding steroid dienone is 1. The van der Waals surface area contributed by atoms with Gasteiger partial charge in [0.15, 0.2) is 5.82 Å². The Hall–Kier alpha value is -4.08. The van der Waals surface area contributed by atoms with Gasteiger partial charge in [0.2, 0.25) is 5.95 Å². The molecule has 0 aliphatic carbocycles. The number of nitrogens with zero attached hydrogens (tertiary/aromatic N) is 7. The highest BCUT2D eigenvalue weighted by Gasteiger charge is 2.38. The van der Waals surface area contributed by atoms with Crippen LogP contribution in [0.4, 0.5) is 5.95 Å². The van der Waals surface area contributed by atoms with Crippen LogP contribution >= 0.6 is 0 Å². The number of ether oxygens (including phenoxy) is 1. The second kappa shape index (κ2) is 10.1. The van der Waals surface area contributed by atoms with Crippen LogP contribution in [0.15, 0.2) is 60.0 Å². The van der Waals surface area contributed by atoms with Gasteiger partial charge in [0.25, 0.3) is 5.89 Å². The summed E-state index contributed by atoms with van der Waals surface area (Å²) < 4.78 is 13.2. The van der Waals surface area contributed by atoms with Crippen LogP contribution in [0, 0.1) is 11.3 Å². The molecule has 10 heteroatoms. The largest absolute Gasteiger partial charge is 0.498 e. The summed E-state index contributed by atoms with van der Waals surface area (Å²) in [6.45, 7) is 17.7. The summed E-state index contributed by atoms with van der Waals surface area (Å²) in [5, 5.41) is 8.86. The predicted octanol–water partition coefficient (Wildman–Crippen LogP) is 4.91. The molecule has 0 spiro atoms. The molecule has 0 saturated carbocycles. The Labute approximate surface area is 217 Å². The maximum Gasteiger partial charge on any atom is 0.261 e. The summed E-state index contributed by atoms with van der Waals surface area (Å²) in [5.74, 6) is 2.12. The van der Waals surface area contributed by atoms with Gasteiger partial charge in [-0.2, -0.15) is 10.1 Å². The lowest BCUT2D eigenvalue weighted by molar-refractivity contribution is 0.141. The monoisotopic (exact) mass is 502 g/mol. The van der Waals surface area contributed by atoms with E-state index in [1.165, 1.54) is 0 Å². The molecular weight excluding hydrogens is 468 g/mol. The lowest BCUT2D eigenvalue weighted by atomic mass is 9.73. The number of pyridine rings is 1. The SMILES string of the molecule is C=C(OCC)C(C)(C)Cn1cc(-c2nc(C(C)(c3ccc(-c4cnc(N)nc4)nc3)C(C)C)no2)cn1. The average molecular weight is 503 g/mol. The smallest absolute Gasteiger partial charge is 0.261 e. The van der Waals surface area contributed by atoms with Crippen molar-refractivity contribution in [2.75, 3.05) is 12.3 Å². The quantitative estimate of drug-likeness (QED) is 0.301. The van der Waals surface area contributed by atoms with Crippen molar-refractivity contribution in [3.05, 3.63) is 66.8 Å². The Balaban J connectivity index is 1.58. The first-order chi connectivity index (χ1) is 17.5. The van der Waals surface area contributed by atoms with Gasteiger partial charge in [-0.3, -0.25) is 9.67 Å². The van der Waals surface area contributed by atoms with E-state index in [2.05, 4.69) is 66.4 Å². The Morgan fingerprint density at radius 1 is 1.08 bits per heavy atom. The molecule has 0 fully saturated rings. The molecule has 0 saturated heterocycles. The molecule has 2 N–H and O–H groups in total. The topological polar surface area (TPSA) is 131 Å². The maximum atomic E-state index is 5.70. The molecule has 0 radical (unpaired) electrons. The normalized spacial score (nSPS) is 13.5. The molecule has 37 heavy (non-hydrogen) atoms. The van der Waals surface area contributed by atoms with E-state index in [1.54, 1.807) is 18.6 Å². The number of anilines is 1. The molecule has 0 aromatic carbocycles. The molecule has 0 aliphatic heterocycles. The second-order valence-corrected chi connectivity index (χ2v) is 10.2. The Kier molecular flexibility index (Phi) is 7.11. The van der Waals surface area contributed by atoms with Gasteiger partial charge in [-0.25, -0.2) is 9.97 Å². The Morgan fingerprint density at radius 3 is 2.43 bits per heavy atom. The maximum absolute atomic E-state index is 5.70. The highest BCUT2D eigenvalue weighted by Crippen LogP contribution is 2.38. The van der Waals surface area contributed by atoms with Crippen molar-refractivity contribution in [1.82, 2.24) is 34.9 Å². The van der Waals surface area contributed by atoms with E-state index in [-0.39, 0.29) is 17.3 Å². The minimum Gasteiger partial charge on any atom is -0.498 e. The fourth-order valence-electron chi connectivity index (χ4n) is 4.04. The molecule has 1 atom stereocenters. The highest BCUT2D eigenvalue weighted by atomic mass is 16.5. The lowest BCUT2D eigenvalue weighted by Crippen LogP contribution is -2.31. The van der Waals surface area contributed by atoms with Gasteiger partial charge in [-0.15, -0.1) is 0 Å². The number of nitrogens with two attached hydrogens (primary N) is 1. The van der Waals surface area contributed by atoms with Gasteiger partial charge in [-0.1, -0.05) is 45.5 Å². The Morgan fingerprint density at radius 2 is 1.81 bits per heavy atom. The van der Waals surface area contributed by atoms with Gasteiger partial charge < -0.3 is 15.0 Å². The van der Waals surface area contributed by atoms with E-state index in [1.807, 2.05) is 36.1 Å². The molecular formula is C27H34N8O2. The molecule has 10 nitrogen and oxygen atoms in total. The summed E-state index contributed by atoms with van der Waals surface area (Å²) >= 11 is 0. The van der Waals surface area contributed by atoms with Gasteiger partial charge in [0, 0.05) is 35.8 Å². The summed E-state index contributed by atoms with van der Waals surface area (Å²) in [5.41, 5.74) is 8.06. The van der Waals surface area contributed by atoms with Crippen LogP contribution in [-0.4, -0.2) is 41.5 Å². The minimum absolute atomic E-state index is 0.165. The van der Waals surface area contributed by atoms with Crippen LogP contribution in [0.5, 0.6) is 0 Å². The second-order valence-electron chi connectivity index (χ2n) is 10.2. The standard InChI is InChI=1S/C27H34N8O2/c1-8-36-18(4)26(5,6)16-35-15-20(13-32-35)23-33-24(34-37-23)27(7,17(2)3)21-9-10-22(29-14-21)19-11-30-25(28)31-12-19/h9-15,17H,4,8,16H2,1-3,5-7H3,(H2,28,30,31). The van der Waals surface area contributed by atoms with Gasteiger partial charge >= 0.3 is 0 Å². The van der Waals surface area contributed by atoms with Crippen molar-refractivity contribution in [3.8, 4) is 22.7 Å². The van der Waals surface area contributed by atoms with E-state index in [0.29, 0.717) is 24.9 Å². The van der Waals surface area contributed by atoms with Gasteiger partial charge in [0.1, 0.15) is 0 Å². The van der Waals surface area contributed by atoms with E-state index in [0.717, 1.165) is 28.1 Å². The van der Waals surface area contributed by atoms with E-state index < -0.39 is 5.41 Å². The average Bonchev–Trinajstić information content (AvgIpc) is 3.54. The first-order valence-corrected chi connectivity index (χ1v) is 12.3. The molecule has 4 aromatic rings. The van der Waals surface area contributed by atoms with Crippen molar-refractivity contribution in [2.24, 2.45) is 11.3 Å². The number of hydrogen-bond acceptors (Lipinski definition) is 9. The lowest BCUT2D eigenvalue weighted by Gasteiger charge is -2.30. The Bertz CT molecular complexity index is 1360. The number of hydrogen-bond donors (Lipinski definition) is 1. The fourth-order valence-corrected chi connectivity index (χ4v) is 4.04. The molecule has 1 unspecified atom stereocenters. The van der Waals surface area contributed by atoms with E-state index in [4.69, 9.17) is 20.0 Å². The van der Waals surface area contributed by atoms with Crippen molar-refractivity contribution in [1.29, 1.82) is 0 Å². The van der Waals surface area contributed by atoms with Gasteiger partial charge in [-0.05, 0) is 31.4 Å². The van der Waals surface area contributed by atoms with Crippen molar-refractivity contribution in [2.45, 2.75) is 53.5 Å². The zero-order chi connectivity index (χ0) is 26.8. The summed E-state index contributed by atoms with van der Waals surface area (Å²) in [6, 6.07) is 3.97. The van der Waals surface area contributed by atoms with Crippen LogP contribution in [0.2, 0.25) is 0 Å². The summed E-state index contributed by atoms with van der Waals surface area (Å²) in [4.78, 5) is 17.5. The van der Waals surface area contributed by atoms with Crippen molar-refractivity contribution >= 4 is 5.95 Å². The number of nitrogen functional groups attached to an aromatic ring is 1. The third-order valence-corrected chi connectivity index (χ3v) is 6.89. The van der Waals surface area contributed by atoms with Crippen LogP contribution in [-0.2, 0) is 16.7 Å². The first-order valence-electron chi connectivity index (χ1n) is 12.3. The predicted molar refractivity (Wildman–Crippen MR) is 141 cm³/mol. The first kappa shape index (κ1) is 26.0. The molecule has 0 bridgehead atoms. The molecule has 4 heterocycles. The molecule has 0 aliphatic rings.